The van der Waals surface area contributed by atoms with Crippen LogP contribution >= 0.6 is 11.3 Å². The summed E-state index contributed by atoms with van der Waals surface area (Å²) < 4.78 is 5.05. The van der Waals surface area contributed by atoms with Crippen molar-refractivity contribution in [3.63, 3.8) is 0 Å². The van der Waals surface area contributed by atoms with Crippen molar-refractivity contribution in [2.75, 3.05) is 43.5 Å². The molecule has 0 spiro atoms. The van der Waals surface area contributed by atoms with Crippen LogP contribution in [0, 0.1) is 0 Å². The Kier molecular flexibility index (Phi) is 4.77. The number of nitrogens with zero attached hydrogens (tertiary/aromatic N) is 3. The lowest BCUT2D eigenvalue weighted by molar-refractivity contribution is 0.182. The fraction of sp³-hybridized carbons (Fsp3) is 0.333. The van der Waals surface area contributed by atoms with Crippen molar-refractivity contribution >= 4 is 39.1 Å². The maximum absolute atomic E-state index is 12.5. The van der Waals surface area contributed by atoms with Crippen molar-refractivity contribution in [3.8, 4) is 0 Å². The number of anilines is 2. The Hall–Kier alpha value is -2.58. The molecule has 1 saturated heterocycles. The maximum atomic E-state index is 12.5. The number of aromatic nitrogens is 2. The van der Waals surface area contributed by atoms with Crippen LogP contribution in [0.4, 0.5) is 15.6 Å². The number of aromatic amines is 1. The van der Waals surface area contributed by atoms with Crippen molar-refractivity contribution in [1.29, 1.82) is 0 Å². The first-order valence-electron chi connectivity index (χ1n) is 8.55. The SMILES string of the molecule is COCc1csc(NC(=O)N2CCN(c3cccc4[nH]ccc34)CC2)n1. The predicted molar refractivity (Wildman–Crippen MR) is 104 cm³/mol. The van der Waals surface area contributed by atoms with Crippen molar-refractivity contribution in [2.45, 2.75) is 6.61 Å². The number of rotatable bonds is 4. The van der Waals surface area contributed by atoms with Gasteiger partial charge in [-0.25, -0.2) is 9.78 Å². The number of fused-ring (bicyclic) bond motifs is 1. The number of thiazole rings is 1. The molecule has 1 aromatic carbocycles. The van der Waals surface area contributed by atoms with Gasteiger partial charge in [-0.3, -0.25) is 5.32 Å². The molecule has 2 N–H and O–H groups in total. The van der Waals surface area contributed by atoms with Crippen molar-refractivity contribution in [2.24, 2.45) is 0 Å². The molecule has 0 radical (unpaired) electrons. The third-order valence-electron chi connectivity index (χ3n) is 4.54. The first-order chi connectivity index (χ1) is 12.7. The highest BCUT2D eigenvalue weighted by Crippen LogP contribution is 2.27. The van der Waals surface area contributed by atoms with Gasteiger partial charge in [0.25, 0.3) is 0 Å². The molecule has 3 aromatic rings. The van der Waals surface area contributed by atoms with Gasteiger partial charge in [-0.1, -0.05) is 6.07 Å². The highest BCUT2D eigenvalue weighted by atomic mass is 32.1. The van der Waals surface area contributed by atoms with E-state index in [2.05, 4.69) is 44.5 Å². The number of carbonyl (C=O) groups excluding carboxylic acids is 1. The molecule has 1 aliphatic rings. The maximum Gasteiger partial charge on any atom is 0.323 e. The molecular formula is C18H21N5O2S. The second kappa shape index (κ2) is 7.35. The number of piperazine rings is 1. The second-order valence-corrected chi connectivity index (χ2v) is 7.06. The molecule has 7 nitrogen and oxygen atoms in total. The highest BCUT2D eigenvalue weighted by Gasteiger charge is 2.23. The quantitative estimate of drug-likeness (QED) is 0.739. The van der Waals surface area contributed by atoms with Gasteiger partial charge >= 0.3 is 6.03 Å². The first kappa shape index (κ1) is 16.9. The Morgan fingerprint density at radius 2 is 2.15 bits per heavy atom. The van der Waals surface area contributed by atoms with Crippen LogP contribution in [0.1, 0.15) is 5.69 Å². The van der Waals surface area contributed by atoms with E-state index in [0.717, 1.165) is 24.3 Å². The minimum absolute atomic E-state index is 0.0946. The minimum atomic E-state index is -0.0946. The zero-order valence-corrected chi connectivity index (χ0v) is 15.4. The number of benzene rings is 1. The fourth-order valence-electron chi connectivity index (χ4n) is 3.24. The lowest BCUT2D eigenvalue weighted by atomic mass is 10.2. The van der Waals surface area contributed by atoms with E-state index < -0.39 is 0 Å². The molecule has 4 rings (SSSR count). The average Bonchev–Trinajstić information content (AvgIpc) is 3.31. The summed E-state index contributed by atoms with van der Waals surface area (Å²) in [4.78, 5) is 24.2. The first-order valence-corrected chi connectivity index (χ1v) is 9.43. The van der Waals surface area contributed by atoms with Gasteiger partial charge in [-0.05, 0) is 18.2 Å². The van der Waals surface area contributed by atoms with E-state index in [0.29, 0.717) is 24.8 Å². The van der Waals surface area contributed by atoms with Crippen LogP contribution in [0.5, 0.6) is 0 Å². The molecule has 3 heterocycles. The Labute approximate surface area is 155 Å². The highest BCUT2D eigenvalue weighted by molar-refractivity contribution is 7.13. The summed E-state index contributed by atoms with van der Waals surface area (Å²) in [7, 11) is 1.63. The number of carbonyl (C=O) groups is 1. The molecular weight excluding hydrogens is 350 g/mol. The third-order valence-corrected chi connectivity index (χ3v) is 5.34. The van der Waals surface area contributed by atoms with E-state index in [9.17, 15) is 4.79 Å². The average molecular weight is 371 g/mol. The molecule has 136 valence electrons. The van der Waals surface area contributed by atoms with Gasteiger partial charge in [0.05, 0.1) is 12.3 Å². The van der Waals surface area contributed by atoms with Gasteiger partial charge in [0.2, 0.25) is 0 Å². The summed E-state index contributed by atoms with van der Waals surface area (Å²) in [6, 6.07) is 8.28. The van der Waals surface area contributed by atoms with E-state index in [1.54, 1.807) is 7.11 Å². The van der Waals surface area contributed by atoms with Gasteiger partial charge in [-0.15, -0.1) is 11.3 Å². The molecule has 1 aliphatic heterocycles. The summed E-state index contributed by atoms with van der Waals surface area (Å²) in [5.74, 6) is 0. The number of hydrogen-bond acceptors (Lipinski definition) is 5. The Balaban J connectivity index is 1.37. The summed E-state index contributed by atoms with van der Waals surface area (Å²) in [5, 5.41) is 6.62. The molecule has 0 saturated carbocycles. The fourth-order valence-corrected chi connectivity index (χ4v) is 3.93. The Morgan fingerprint density at radius 1 is 1.31 bits per heavy atom. The third kappa shape index (κ3) is 3.38. The molecule has 0 aliphatic carbocycles. The number of amides is 2. The second-order valence-electron chi connectivity index (χ2n) is 6.20. The monoisotopic (exact) mass is 371 g/mol. The standard InChI is InChI=1S/C18H21N5O2S/c1-25-11-13-12-26-17(20-13)21-18(24)23-9-7-22(8-10-23)16-4-2-3-15-14(16)5-6-19-15/h2-6,12,19H,7-11H2,1H3,(H,20,21,24). The Morgan fingerprint density at radius 3 is 2.96 bits per heavy atom. The minimum Gasteiger partial charge on any atom is -0.378 e. The number of urea groups is 1. The smallest absolute Gasteiger partial charge is 0.323 e. The van der Waals surface area contributed by atoms with Gasteiger partial charge in [0.1, 0.15) is 0 Å². The van der Waals surface area contributed by atoms with Crippen LogP contribution in [-0.2, 0) is 11.3 Å². The molecule has 0 unspecified atom stereocenters. The molecule has 8 heteroatoms. The van der Waals surface area contributed by atoms with E-state index in [4.69, 9.17) is 4.74 Å². The van der Waals surface area contributed by atoms with E-state index in [1.807, 2.05) is 16.5 Å². The zero-order chi connectivity index (χ0) is 17.9. The number of hydrogen-bond donors (Lipinski definition) is 2. The van der Waals surface area contributed by atoms with Crippen LogP contribution in [0.15, 0.2) is 35.8 Å². The largest absolute Gasteiger partial charge is 0.378 e. The van der Waals surface area contributed by atoms with E-state index >= 15 is 0 Å². The predicted octanol–water partition coefficient (Wildman–Crippen LogP) is 3.12. The lowest BCUT2D eigenvalue weighted by Crippen LogP contribution is -2.50. The molecule has 26 heavy (non-hydrogen) atoms. The van der Waals surface area contributed by atoms with Crippen LogP contribution in [0.2, 0.25) is 0 Å². The Bertz CT molecular complexity index is 898. The summed E-state index contributed by atoms with van der Waals surface area (Å²) >= 11 is 1.42. The summed E-state index contributed by atoms with van der Waals surface area (Å²) in [5.41, 5.74) is 3.18. The number of ether oxygens (including phenoxy) is 1. The molecule has 0 bridgehead atoms. The van der Waals surface area contributed by atoms with Crippen LogP contribution < -0.4 is 10.2 Å². The topological polar surface area (TPSA) is 73.5 Å². The van der Waals surface area contributed by atoms with E-state index in [-0.39, 0.29) is 6.03 Å². The molecule has 0 atom stereocenters. The van der Waals surface area contributed by atoms with Crippen molar-refractivity contribution in [1.82, 2.24) is 14.9 Å². The molecule has 1 fully saturated rings. The van der Waals surface area contributed by atoms with Crippen molar-refractivity contribution in [3.05, 3.63) is 41.5 Å². The number of nitrogens with one attached hydrogen (secondary N) is 2. The van der Waals surface area contributed by atoms with Gasteiger partial charge < -0.3 is 19.5 Å². The summed E-state index contributed by atoms with van der Waals surface area (Å²) in [6.07, 6.45) is 1.96. The van der Waals surface area contributed by atoms with Gasteiger partial charge in [0.15, 0.2) is 5.13 Å². The molecule has 2 aromatic heterocycles. The lowest BCUT2D eigenvalue weighted by Gasteiger charge is -2.36. The number of H-pyrrole nitrogens is 1. The van der Waals surface area contributed by atoms with Crippen LogP contribution in [0.3, 0.4) is 0 Å². The van der Waals surface area contributed by atoms with Gasteiger partial charge in [-0.2, -0.15) is 0 Å². The van der Waals surface area contributed by atoms with E-state index in [1.165, 1.54) is 22.4 Å². The van der Waals surface area contributed by atoms with Crippen LogP contribution in [0.25, 0.3) is 10.9 Å². The number of methoxy groups -OCH3 is 1. The van der Waals surface area contributed by atoms with Crippen LogP contribution in [-0.4, -0.2) is 54.2 Å². The zero-order valence-electron chi connectivity index (χ0n) is 14.6. The van der Waals surface area contributed by atoms with Gasteiger partial charge in [0, 0.05) is 61.5 Å². The normalized spacial score (nSPS) is 14.8. The summed E-state index contributed by atoms with van der Waals surface area (Å²) in [6.45, 7) is 3.44. The van der Waals surface area contributed by atoms with Crippen molar-refractivity contribution < 1.29 is 9.53 Å². The molecule has 2 amide bonds.